The summed E-state index contributed by atoms with van der Waals surface area (Å²) in [5.41, 5.74) is -1.00. The van der Waals surface area contributed by atoms with Gasteiger partial charge in [-0.3, -0.25) is 9.59 Å². The number of carbonyl (C=O) groups is 2. The van der Waals surface area contributed by atoms with E-state index in [2.05, 4.69) is 9.99 Å². The average Bonchev–Trinajstić information content (AvgIpc) is 2.75. The molecule has 1 aromatic rings. The molecule has 1 aliphatic heterocycles. The number of fused-ring (bicyclic) bond motifs is 1. The quantitative estimate of drug-likeness (QED) is 0.629. The van der Waals surface area contributed by atoms with E-state index >= 15 is 0 Å². The number of amides is 2. The van der Waals surface area contributed by atoms with Gasteiger partial charge in [0, 0.05) is 5.56 Å². The number of rotatable bonds is 3. The zero-order chi connectivity index (χ0) is 17.4. The van der Waals surface area contributed by atoms with Crippen LogP contribution in [0, 0.1) is 0 Å². The van der Waals surface area contributed by atoms with E-state index < -0.39 is 35.3 Å². The van der Waals surface area contributed by atoms with Crippen molar-refractivity contribution in [2.45, 2.75) is 19.0 Å². The van der Waals surface area contributed by atoms with Crippen LogP contribution in [0.5, 0.6) is 0 Å². The summed E-state index contributed by atoms with van der Waals surface area (Å²) < 4.78 is 63.7. The number of hydrogen-bond acceptors (Lipinski definition) is 4. The molecule has 1 heterocycles. The van der Waals surface area contributed by atoms with Crippen LogP contribution in [-0.4, -0.2) is 36.2 Å². The normalized spacial score (nSPS) is 16.7. The first-order valence-electron chi connectivity index (χ1n) is 6.25. The standard InChI is InChI=1S/C13H9F5N2O3/c1-2-23-19-9-7-5-3-4-6-8(7)20(10(9)21)11(22)12(14,15)13(16,17)18/h3-6H,2H2,1H3/b19-9-. The van der Waals surface area contributed by atoms with E-state index in [1.54, 1.807) is 0 Å². The smallest absolute Gasteiger partial charge is 0.395 e. The molecule has 23 heavy (non-hydrogen) atoms. The van der Waals surface area contributed by atoms with Gasteiger partial charge in [0.25, 0.3) is 5.91 Å². The molecule has 0 unspecified atom stereocenters. The fraction of sp³-hybridized carbons (Fsp3) is 0.308. The minimum atomic E-state index is -6.13. The first-order valence-corrected chi connectivity index (χ1v) is 6.25. The number of halogens is 5. The Labute approximate surface area is 126 Å². The Morgan fingerprint density at radius 1 is 1.22 bits per heavy atom. The van der Waals surface area contributed by atoms with E-state index in [-0.39, 0.29) is 17.1 Å². The van der Waals surface area contributed by atoms with E-state index in [1.807, 2.05) is 0 Å². The van der Waals surface area contributed by atoms with Crippen molar-refractivity contribution >= 4 is 23.2 Å². The third-order valence-corrected chi connectivity index (χ3v) is 2.92. The van der Waals surface area contributed by atoms with E-state index in [4.69, 9.17) is 0 Å². The van der Waals surface area contributed by atoms with Crippen LogP contribution in [0.4, 0.5) is 27.6 Å². The second-order valence-corrected chi connectivity index (χ2v) is 4.39. The molecule has 0 saturated carbocycles. The number of para-hydroxylation sites is 1. The second-order valence-electron chi connectivity index (χ2n) is 4.39. The summed E-state index contributed by atoms with van der Waals surface area (Å²) in [5, 5.41) is 3.39. The molecule has 0 atom stereocenters. The molecular formula is C13H9F5N2O3. The number of benzene rings is 1. The van der Waals surface area contributed by atoms with Crippen molar-refractivity contribution in [1.29, 1.82) is 0 Å². The summed E-state index contributed by atoms with van der Waals surface area (Å²) in [6.45, 7) is 1.56. The van der Waals surface area contributed by atoms with Gasteiger partial charge in [-0.1, -0.05) is 23.4 Å². The monoisotopic (exact) mass is 336 g/mol. The van der Waals surface area contributed by atoms with Crippen LogP contribution >= 0.6 is 0 Å². The number of hydrogen-bond donors (Lipinski definition) is 0. The highest BCUT2D eigenvalue weighted by molar-refractivity contribution is 6.58. The number of nitrogens with zero attached hydrogens (tertiary/aromatic N) is 2. The molecule has 0 saturated heterocycles. The number of imide groups is 1. The Hall–Kier alpha value is -2.52. The first-order chi connectivity index (χ1) is 10.6. The molecule has 2 rings (SSSR count). The third-order valence-electron chi connectivity index (χ3n) is 2.92. The molecule has 0 fully saturated rings. The summed E-state index contributed by atoms with van der Waals surface area (Å²) in [6, 6.07) is 5.00. The molecule has 0 spiro atoms. The fourth-order valence-electron chi connectivity index (χ4n) is 1.88. The molecule has 124 valence electrons. The molecule has 0 aliphatic carbocycles. The molecule has 0 aromatic heterocycles. The Morgan fingerprint density at radius 3 is 2.39 bits per heavy atom. The summed E-state index contributed by atoms with van der Waals surface area (Å²) in [5.74, 6) is -9.81. The molecule has 2 amide bonds. The van der Waals surface area contributed by atoms with E-state index in [0.717, 1.165) is 6.07 Å². The largest absolute Gasteiger partial charge is 0.463 e. The van der Waals surface area contributed by atoms with E-state index in [9.17, 15) is 31.5 Å². The maximum absolute atomic E-state index is 13.3. The lowest BCUT2D eigenvalue weighted by molar-refractivity contribution is -0.268. The minimum absolute atomic E-state index is 0.0333. The number of anilines is 1. The topological polar surface area (TPSA) is 59.0 Å². The van der Waals surface area contributed by atoms with Crippen molar-refractivity contribution in [3.63, 3.8) is 0 Å². The zero-order valence-electron chi connectivity index (χ0n) is 11.5. The lowest BCUT2D eigenvalue weighted by Crippen LogP contribution is -2.53. The molecule has 10 heteroatoms. The predicted octanol–water partition coefficient (Wildman–Crippen LogP) is 2.50. The fourth-order valence-corrected chi connectivity index (χ4v) is 1.88. The van der Waals surface area contributed by atoms with E-state index in [0.29, 0.717) is 0 Å². The van der Waals surface area contributed by atoms with Gasteiger partial charge < -0.3 is 4.84 Å². The molecule has 1 aromatic carbocycles. The van der Waals surface area contributed by atoms with Crippen LogP contribution in [0.2, 0.25) is 0 Å². The van der Waals surface area contributed by atoms with Crippen molar-refractivity contribution in [3.05, 3.63) is 29.8 Å². The Kier molecular flexibility index (Phi) is 4.10. The Bertz CT molecular complexity index is 684. The SMILES string of the molecule is CCO/N=C1\C(=O)N(C(=O)C(F)(F)C(F)(F)F)c2ccccc21. The Morgan fingerprint density at radius 2 is 1.83 bits per heavy atom. The van der Waals surface area contributed by atoms with Crippen molar-refractivity contribution < 1.29 is 36.4 Å². The van der Waals surface area contributed by atoms with Gasteiger partial charge >= 0.3 is 18.0 Å². The average molecular weight is 336 g/mol. The van der Waals surface area contributed by atoms with Crippen molar-refractivity contribution in [3.8, 4) is 0 Å². The highest BCUT2D eigenvalue weighted by Crippen LogP contribution is 2.40. The predicted molar refractivity (Wildman–Crippen MR) is 68.1 cm³/mol. The molecule has 5 nitrogen and oxygen atoms in total. The van der Waals surface area contributed by atoms with Crippen LogP contribution in [0.25, 0.3) is 0 Å². The maximum Gasteiger partial charge on any atom is 0.463 e. The first kappa shape index (κ1) is 16.8. The van der Waals surface area contributed by atoms with E-state index in [1.165, 1.54) is 25.1 Å². The van der Waals surface area contributed by atoms with Crippen LogP contribution in [0.3, 0.4) is 0 Å². The van der Waals surface area contributed by atoms with Gasteiger partial charge in [0.05, 0.1) is 5.69 Å². The number of alkyl halides is 5. The van der Waals surface area contributed by atoms with Gasteiger partial charge in [-0.2, -0.15) is 22.0 Å². The van der Waals surface area contributed by atoms with Crippen molar-refractivity contribution in [2.24, 2.45) is 5.16 Å². The van der Waals surface area contributed by atoms with Gasteiger partial charge in [0.15, 0.2) is 5.71 Å². The van der Waals surface area contributed by atoms with Gasteiger partial charge in [-0.25, -0.2) is 4.90 Å². The van der Waals surface area contributed by atoms with Crippen LogP contribution in [0.1, 0.15) is 12.5 Å². The van der Waals surface area contributed by atoms with Crippen molar-refractivity contribution in [2.75, 3.05) is 11.5 Å². The third kappa shape index (κ3) is 2.64. The summed E-state index contributed by atoms with van der Waals surface area (Å²) in [7, 11) is 0. The van der Waals surface area contributed by atoms with Gasteiger partial charge in [-0.15, -0.1) is 0 Å². The van der Waals surface area contributed by atoms with Gasteiger partial charge in [-0.05, 0) is 13.0 Å². The zero-order valence-corrected chi connectivity index (χ0v) is 11.5. The highest BCUT2D eigenvalue weighted by Gasteiger charge is 2.66. The lowest BCUT2D eigenvalue weighted by atomic mass is 10.1. The summed E-state index contributed by atoms with van der Waals surface area (Å²) >= 11 is 0. The van der Waals surface area contributed by atoms with Gasteiger partial charge in [0.2, 0.25) is 0 Å². The lowest BCUT2D eigenvalue weighted by Gasteiger charge is -2.23. The maximum atomic E-state index is 13.3. The van der Waals surface area contributed by atoms with Crippen molar-refractivity contribution in [1.82, 2.24) is 0 Å². The molecule has 0 N–H and O–H groups in total. The molecule has 0 bridgehead atoms. The van der Waals surface area contributed by atoms with Crippen LogP contribution in [0.15, 0.2) is 29.4 Å². The highest BCUT2D eigenvalue weighted by atomic mass is 19.4. The number of carbonyl (C=O) groups excluding carboxylic acids is 2. The Balaban J connectivity index is 2.53. The summed E-state index contributed by atoms with van der Waals surface area (Å²) in [6.07, 6.45) is -6.13. The molecular weight excluding hydrogens is 327 g/mol. The van der Waals surface area contributed by atoms with Crippen LogP contribution < -0.4 is 4.90 Å². The number of oxime groups is 1. The molecule has 1 aliphatic rings. The molecule has 0 radical (unpaired) electrons. The second kappa shape index (κ2) is 5.60. The van der Waals surface area contributed by atoms with Crippen LogP contribution in [-0.2, 0) is 14.4 Å². The van der Waals surface area contributed by atoms with Gasteiger partial charge in [0.1, 0.15) is 6.61 Å². The summed E-state index contributed by atoms with van der Waals surface area (Å²) in [4.78, 5) is 28.1. The minimum Gasteiger partial charge on any atom is -0.395 e.